The molecule has 0 spiro atoms. The van der Waals surface area contributed by atoms with E-state index in [1.165, 1.54) is 0 Å². The van der Waals surface area contributed by atoms with Gasteiger partial charge in [-0.1, -0.05) is 0 Å². The van der Waals surface area contributed by atoms with Crippen molar-refractivity contribution in [3.05, 3.63) is 0 Å². The summed E-state index contributed by atoms with van der Waals surface area (Å²) in [6, 6.07) is 0. The molecule has 0 bridgehead atoms. The minimum Gasteiger partial charge on any atom is -0.872 e. The monoisotopic (exact) mass is 378 g/mol. The predicted molar refractivity (Wildman–Crippen MR) is 24.1 cm³/mol. The van der Waals surface area contributed by atoms with Gasteiger partial charge in [-0.25, -0.2) is 0 Å². The zero-order valence-electron chi connectivity index (χ0n) is 4.61. The summed E-state index contributed by atoms with van der Waals surface area (Å²) >= 11 is 0. The van der Waals surface area contributed by atoms with Crippen molar-refractivity contribution in [3.63, 3.8) is 0 Å². The summed E-state index contributed by atoms with van der Waals surface area (Å²) in [5, 5.41) is 36.6. The Morgan fingerprint density at radius 3 is 1.00 bits per heavy atom. The molecule has 0 N–H and O–H groups in total. The van der Waals surface area contributed by atoms with Gasteiger partial charge in [0.05, 0.1) is 0 Å². The molecule has 0 saturated heterocycles. The minimum atomic E-state index is -2.75. The van der Waals surface area contributed by atoms with Gasteiger partial charge in [0.1, 0.15) is 0 Å². The molecule has 9 heteroatoms. The van der Waals surface area contributed by atoms with Gasteiger partial charge in [-0.15, -0.1) is 0 Å². The molecular formula is B2Ba2O5. The van der Waals surface area contributed by atoms with Crippen molar-refractivity contribution in [1.82, 2.24) is 0 Å². The first-order valence-electron chi connectivity index (χ1n) is 1.41. The van der Waals surface area contributed by atoms with Gasteiger partial charge in [0.2, 0.25) is 0 Å². The fourth-order valence-corrected chi connectivity index (χ4v) is 0.0907. The van der Waals surface area contributed by atoms with Crippen LogP contribution in [-0.2, 0) is 4.57 Å². The molecule has 0 aromatic rings. The van der Waals surface area contributed by atoms with E-state index in [-0.39, 0.29) is 97.8 Å². The van der Waals surface area contributed by atoms with Gasteiger partial charge in [-0.3, -0.25) is 0 Å². The second-order valence-corrected chi connectivity index (χ2v) is 0.713. The van der Waals surface area contributed by atoms with Crippen molar-refractivity contribution in [3.8, 4) is 0 Å². The van der Waals surface area contributed by atoms with E-state index in [1.807, 2.05) is 0 Å². The Labute approximate surface area is 134 Å². The molecule has 0 aromatic carbocycles. The van der Waals surface area contributed by atoms with Crippen LogP contribution in [0.5, 0.6) is 0 Å². The minimum absolute atomic E-state index is 0. The van der Waals surface area contributed by atoms with Crippen molar-refractivity contribution in [1.29, 1.82) is 0 Å². The third-order valence-corrected chi connectivity index (χ3v) is 0.222. The first-order chi connectivity index (χ1) is 3.13. The van der Waals surface area contributed by atoms with Crippen LogP contribution < -0.4 is 20.1 Å². The molecule has 0 fully saturated rings. The molecule has 0 atom stereocenters. The molecule has 0 rings (SSSR count). The van der Waals surface area contributed by atoms with E-state index < -0.39 is 14.6 Å². The van der Waals surface area contributed by atoms with Crippen molar-refractivity contribution >= 4 is 112 Å². The topological polar surface area (TPSA) is 101 Å². The molecule has 40 valence electrons. The van der Waals surface area contributed by atoms with E-state index in [9.17, 15) is 0 Å². The summed E-state index contributed by atoms with van der Waals surface area (Å²) in [7, 11) is -5.50. The smallest absolute Gasteiger partial charge is 0.872 e. The molecular weight excluding hydrogens is 376 g/mol. The van der Waals surface area contributed by atoms with Gasteiger partial charge in [-0.05, 0) is 0 Å². The predicted octanol–water partition coefficient (Wildman–Crippen LogP) is -6.35. The first-order valence-corrected chi connectivity index (χ1v) is 1.41. The number of hydrogen-bond donors (Lipinski definition) is 0. The summed E-state index contributed by atoms with van der Waals surface area (Å²) in [5.41, 5.74) is 0. The molecule has 0 amide bonds. The Balaban J connectivity index is -0.000000180. The van der Waals surface area contributed by atoms with E-state index in [0.717, 1.165) is 0 Å². The van der Waals surface area contributed by atoms with E-state index in [4.69, 9.17) is 20.1 Å². The second kappa shape index (κ2) is 11.1. The van der Waals surface area contributed by atoms with Crippen LogP contribution in [0.2, 0.25) is 0 Å². The molecule has 0 aliphatic carbocycles. The quantitative estimate of drug-likeness (QED) is 0.446. The van der Waals surface area contributed by atoms with Crippen molar-refractivity contribution in [2.45, 2.75) is 0 Å². The molecule has 0 aliphatic rings. The third-order valence-electron chi connectivity index (χ3n) is 0.222. The molecule has 0 aromatic heterocycles. The van der Waals surface area contributed by atoms with Gasteiger partial charge in [0, 0.05) is 14.6 Å². The molecule has 0 heterocycles. The van der Waals surface area contributed by atoms with Crippen molar-refractivity contribution < 1.29 is 24.7 Å². The summed E-state index contributed by atoms with van der Waals surface area (Å²) in [4.78, 5) is 0. The summed E-state index contributed by atoms with van der Waals surface area (Å²) in [6.45, 7) is 0. The van der Waals surface area contributed by atoms with Gasteiger partial charge >= 0.3 is 97.8 Å². The average molecular weight is 376 g/mol. The van der Waals surface area contributed by atoms with Gasteiger partial charge in [-0.2, -0.15) is 0 Å². The Morgan fingerprint density at radius 2 is 1.00 bits per heavy atom. The molecule has 5 nitrogen and oxygen atoms in total. The molecule has 0 radical (unpaired) electrons. The maximum Gasteiger partial charge on any atom is 2.00 e. The normalized spacial score (nSPS) is 6.67. The largest absolute Gasteiger partial charge is 2.00 e. The van der Waals surface area contributed by atoms with Crippen molar-refractivity contribution in [2.75, 3.05) is 0 Å². The van der Waals surface area contributed by atoms with E-state index in [0.29, 0.717) is 0 Å². The number of rotatable bonds is 2. The van der Waals surface area contributed by atoms with Crippen LogP contribution in [0.15, 0.2) is 0 Å². The van der Waals surface area contributed by atoms with Crippen LogP contribution in [-0.4, -0.2) is 112 Å². The van der Waals surface area contributed by atoms with Gasteiger partial charge in [0.15, 0.2) is 0 Å². The maximum absolute atomic E-state index is 9.16. The molecule has 9 heavy (non-hydrogen) atoms. The van der Waals surface area contributed by atoms with Crippen molar-refractivity contribution in [2.24, 2.45) is 0 Å². The van der Waals surface area contributed by atoms with Crippen LogP contribution >= 0.6 is 0 Å². The Morgan fingerprint density at radius 1 is 0.778 bits per heavy atom. The maximum atomic E-state index is 9.16. The van der Waals surface area contributed by atoms with Crippen LogP contribution in [0.3, 0.4) is 0 Å². The van der Waals surface area contributed by atoms with E-state index in [1.54, 1.807) is 0 Å². The fourth-order valence-electron chi connectivity index (χ4n) is 0.0907. The standard InChI is InChI=1S/B2O5.2Ba/c3-1(4)7-2(5)6;;/q-4;2*+2. The van der Waals surface area contributed by atoms with E-state index >= 15 is 0 Å². The zero-order valence-corrected chi connectivity index (χ0v) is 13.5. The average Bonchev–Trinajstić information content (AvgIpc) is 1.27. The second-order valence-electron chi connectivity index (χ2n) is 0.713. The Hall–Kier alpha value is 3.07. The van der Waals surface area contributed by atoms with Crippen LogP contribution in [0, 0.1) is 0 Å². The summed E-state index contributed by atoms with van der Waals surface area (Å²) in [6.07, 6.45) is 0. The molecule has 0 aliphatic heterocycles. The number of hydrogen-bond acceptors (Lipinski definition) is 5. The van der Waals surface area contributed by atoms with Gasteiger partial charge < -0.3 is 24.7 Å². The molecule has 0 saturated carbocycles. The fraction of sp³-hybridized carbons (Fsp3) is 0. The Bertz CT molecular complexity index is 42.2. The Kier molecular flexibility index (Phi) is 22.1. The van der Waals surface area contributed by atoms with Gasteiger partial charge in [0.25, 0.3) is 0 Å². The van der Waals surface area contributed by atoms with Crippen LogP contribution in [0.25, 0.3) is 0 Å². The SMILES string of the molecule is [Ba+2].[Ba+2].[O-]B([O-])OB([O-])[O-]. The summed E-state index contributed by atoms with van der Waals surface area (Å²) < 4.78 is 3.03. The van der Waals surface area contributed by atoms with Crippen LogP contribution in [0.4, 0.5) is 0 Å². The first kappa shape index (κ1) is 18.0. The van der Waals surface area contributed by atoms with Crippen LogP contribution in [0.1, 0.15) is 0 Å². The van der Waals surface area contributed by atoms with E-state index in [2.05, 4.69) is 4.57 Å². The molecule has 0 unspecified atom stereocenters. The summed E-state index contributed by atoms with van der Waals surface area (Å²) in [5.74, 6) is 0. The zero-order chi connectivity index (χ0) is 5.86. The third kappa shape index (κ3) is 18.2.